The molecular weight excluding hydrogens is 256 g/mol. The molecule has 1 aromatic carbocycles. The number of benzene rings is 1. The number of hydrogen-bond acceptors (Lipinski definition) is 4. The lowest BCUT2D eigenvalue weighted by Gasteiger charge is -2.19. The molecule has 6 heteroatoms. The molecule has 1 aromatic rings. The van der Waals surface area contributed by atoms with Gasteiger partial charge in [-0.1, -0.05) is 29.5 Å². The van der Waals surface area contributed by atoms with Crippen molar-refractivity contribution >= 4 is 27.0 Å². The lowest BCUT2D eigenvalue weighted by Crippen LogP contribution is -2.31. The summed E-state index contributed by atoms with van der Waals surface area (Å²) < 4.78 is 25.7. The summed E-state index contributed by atoms with van der Waals surface area (Å²) in [6.07, 6.45) is 1.80. The van der Waals surface area contributed by atoms with Gasteiger partial charge in [0, 0.05) is 14.1 Å². The zero-order valence-electron chi connectivity index (χ0n) is 10.3. The van der Waals surface area contributed by atoms with Crippen LogP contribution in [0.15, 0.2) is 34.2 Å². The molecule has 0 aliphatic heterocycles. The van der Waals surface area contributed by atoms with Crippen LogP contribution in [0.4, 0.5) is 0 Å². The molecule has 0 radical (unpaired) electrons. The highest BCUT2D eigenvalue weighted by molar-refractivity contribution is 8.14. The van der Waals surface area contributed by atoms with E-state index in [1.165, 1.54) is 23.1 Å². The van der Waals surface area contributed by atoms with Crippen LogP contribution in [0, 0.1) is 6.92 Å². The normalized spacial score (nSPS) is 12.6. The lowest BCUT2D eigenvalue weighted by atomic mass is 10.2. The van der Waals surface area contributed by atoms with Crippen LogP contribution in [0.3, 0.4) is 0 Å². The first kappa shape index (κ1) is 14.1. The van der Waals surface area contributed by atoms with E-state index in [9.17, 15) is 8.42 Å². The molecule has 0 aliphatic rings. The molecule has 17 heavy (non-hydrogen) atoms. The van der Waals surface area contributed by atoms with Crippen molar-refractivity contribution in [1.29, 1.82) is 0 Å². The SMILES string of the molecule is CN=C(SC)N(C)S(=O)(=O)c1ccc(C)cc1. The summed E-state index contributed by atoms with van der Waals surface area (Å²) in [5.74, 6) is 0. The Morgan fingerprint density at radius 2 is 1.82 bits per heavy atom. The Bertz CT molecular complexity index is 507. The number of aryl methyl sites for hydroxylation is 1. The van der Waals surface area contributed by atoms with Crippen molar-refractivity contribution in [1.82, 2.24) is 4.31 Å². The van der Waals surface area contributed by atoms with Gasteiger partial charge < -0.3 is 0 Å². The molecule has 0 fully saturated rings. The maximum Gasteiger partial charge on any atom is 0.265 e. The van der Waals surface area contributed by atoms with Crippen LogP contribution < -0.4 is 0 Å². The van der Waals surface area contributed by atoms with E-state index in [4.69, 9.17) is 0 Å². The number of sulfonamides is 1. The molecule has 0 amide bonds. The van der Waals surface area contributed by atoms with Gasteiger partial charge in [-0.15, -0.1) is 0 Å². The Morgan fingerprint density at radius 3 is 2.24 bits per heavy atom. The van der Waals surface area contributed by atoms with Crippen molar-refractivity contribution in [3.63, 3.8) is 0 Å². The molecule has 94 valence electrons. The topological polar surface area (TPSA) is 49.7 Å². The summed E-state index contributed by atoms with van der Waals surface area (Å²) in [5.41, 5.74) is 1.03. The van der Waals surface area contributed by atoms with Crippen molar-refractivity contribution < 1.29 is 8.42 Å². The summed E-state index contributed by atoms with van der Waals surface area (Å²) in [4.78, 5) is 4.22. The predicted octanol–water partition coefficient (Wildman–Crippen LogP) is 1.96. The van der Waals surface area contributed by atoms with E-state index >= 15 is 0 Å². The Balaban J connectivity index is 3.15. The third-order valence-electron chi connectivity index (χ3n) is 2.32. The van der Waals surface area contributed by atoms with Crippen LogP contribution in [0.1, 0.15) is 5.56 Å². The summed E-state index contributed by atoms with van der Waals surface area (Å²) >= 11 is 1.30. The van der Waals surface area contributed by atoms with E-state index in [1.54, 1.807) is 37.6 Å². The van der Waals surface area contributed by atoms with Gasteiger partial charge in [0.15, 0.2) is 5.17 Å². The summed E-state index contributed by atoms with van der Waals surface area (Å²) in [6.45, 7) is 1.92. The molecular formula is C11H16N2O2S2. The van der Waals surface area contributed by atoms with E-state index < -0.39 is 10.0 Å². The van der Waals surface area contributed by atoms with Gasteiger partial charge in [0.05, 0.1) is 4.90 Å². The summed E-state index contributed by atoms with van der Waals surface area (Å²) in [6, 6.07) is 6.77. The second-order valence-electron chi connectivity index (χ2n) is 3.50. The number of hydrogen-bond donors (Lipinski definition) is 0. The zero-order chi connectivity index (χ0) is 13.1. The minimum Gasteiger partial charge on any atom is -0.265 e. The minimum atomic E-state index is -3.50. The van der Waals surface area contributed by atoms with E-state index in [2.05, 4.69) is 4.99 Å². The van der Waals surface area contributed by atoms with Crippen LogP contribution in [0.2, 0.25) is 0 Å². The van der Waals surface area contributed by atoms with E-state index in [-0.39, 0.29) is 4.90 Å². The van der Waals surface area contributed by atoms with Crippen LogP contribution in [0.25, 0.3) is 0 Å². The smallest absolute Gasteiger partial charge is 0.265 e. The first-order valence-electron chi connectivity index (χ1n) is 5.00. The lowest BCUT2D eigenvalue weighted by molar-refractivity contribution is 0.554. The molecule has 0 spiro atoms. The maximum atomic E-state index is 12.2. The molecule has 1 rings (SSSR count). The van der Waals surface area contributed by atoms with E-state index in [0.717, 1.165) is 5.56 Å². The number of thioether (sulfide) groups is 1. The molecule has 0 aromatic heterocycles. The van der Waals surface area contributed by atoms with Gasteiger partial charge in [0.2, 0.25) is 0 Å². The van der Waals surface area contributed by atoms with Crippen LogP contribution >= 0.6 is 11.8 Å². The molecule has 0 atom stereocenters. The molecule has 0 bridgehead atoms. The Kier molecular flexibility index (Phi) is 4.59. The van der Waals surface area contributed by atoms with Gasteiger partial charge in [-0.05, 0) is 25.3 Å². The van der Waals surface area contributed by atoms with Crippen LogP contribution in [0.5, 0.6) is 0 Å². The first-order valence-corrected chi connectivity index (χ1v) is 7.66. The molecule has 4 nitrogen and oxygen atoms in total. The van der Waals surface area contributed by atoms with Crippen LogP contribution in [-0.2, 0) is 10.0 Å². The molecule has 0 N–H and O–H groups in total. The average Bonchev–Trinajstić information content (AvgIpc) is 2.31. The third-order valence-corrected chi connectivity index (χ3v) is 5.02. The second kappa shape index (κ2) is 5.55. The molecule has 0 saturated heterocycles. The molecule has 0 aliphatic carbocycles. The van der Waals surface area contributed by atoms with Gasteiger partial charge in [-0.2, -0.15) is 0 Å². The van der Waals surface area contributed by atoms with E-state index in [1.807, 2.05) is 6.92 Å². The average molecular weight is 272 g/mol. The van der Waals surface area contributed by atoms with Crippen molar-refractivity contribution in [2.24, 2.45) is 4.99 Å². The Hall–Kier alpha value is -1.01. The van der Waals surface area contributed by atoms with Gasteiger partial charge >= 0.3 is 0 Å². The zero-order valence-corrected chi connectivity index (χ0v) is 12.0. The quantitative estimate of drug-likeness (QED) is 0.611. The van der Waals surface area contributed by atoms with E-state index in [0.29, 0.717) is 5.17 Å². The van der Waals surface area contributed by atoms with Gasteiger partial charge in [-0.25, -0.2) is 12.7 Å². The molecule has 0 unspecified atom stereocenters. The largest absolute Gasteiger partial charge is 0.265 e. The maximum absolute atomic E-state index is 12.2. The number of amidine groups is 1. The fourth-order valence-electron chi connectivity index (χ4n) is 1.33. The van der Waals surface area contributed by atoms with Gasteiger partial charge in [-0.3, -0.25) is 4.99 Å². The fourth-order valence-corrected chi connectivity index (χ4v) is 3.37. The number of aliphatic imine (C=N–C) groups is 1. The predicted molar refractivity (Wildman–Crippen MR) is 73.0 cm³/mol. The highest BCUT2D eigenvalue weighted by Crippen LogP contribution is 2.18. The van der Waals surface area contributed by atoms with Crippen LogP contribution in [-0.4, -0.2) is 38.2 Å². The van der Waals surface area contributed by atoms with Crippen molar-refractivity contribution in [2.45, 2.75) is 11.8 Å². The van der Waals surface area contributed by atoms with Crippen molar-refractivity contribution in [3.8, 4) is 0 Å². The minimum absolute atomic E-state index is 0.279. The highest BCUT2D eigenvalue weighted by atomic mass is 32.2. The monoisotopic (exact) mass is 272 g/mol. The Labute approximate surface area is 107 Å². The van der Waals surface area contributed by atoms with Crippen molar-refractivity contribution in [3.05, 3.63) is 29.8 Å². The number of nitrogens with zero attached hydrogens (tertiary/aromatic N) is 2. The first-order chi connectivity index (χ1) is 7.93. The second-order valence-corrected chi connectivity index (χ2v) is 6.24. The Morgan fingerprint density at radius 1 is 1.29 bits per heavy atom. The molecule has 0 heterocycles. The van der Waals surface area contributed by atoms with Crippen molar-refractivity contribution in [2.75, 3.05) is 20.4 Å². The standard InChI is InChI=1S/C11H16N2O2S2/c1-9-5-7-10(8-6-9)17(14,15)13(3)11(12-2)16-4/h5-8H,1-4H3. The number of rotatable bonds is 2. The van der Waals surface area contributed by atoms with Gasteiger partial charge in [0.25, 0.3) is 10.0 Å². The highest BCUT2D eigenvalue weighted by Gasteiger charge is 2.22. The third kappa shape index (κ3) is 3.01. The molecule has 0 saturated carbocycles. The summed E-state index contributed by atoms with van der Waals surface area (Å²) in [5, 5.41) is 0.463. The fraction of sp³-hybridized carbons (Fsp3) is 0.364. The van der Waals surface area contributed by atoms with Gasteiger partial charge in [0.1, 0.15) is 0 Å². The summed E-state index contributed by atoms with van der Waals surface area (Å²) in [7, 11) is -0.413.